The molecule has 0 radical (unpaired) electrons. The number of rotatable bonds is 4. The molecule has 0 bridgehead atoms. The lowest BCUT2D eigenvalue weighted by Gasteiger charge is -2.29. The minimum atomic E-state index is -1.01. The molecule has 0 amide bonds. The van der Waals surface area contributed by atoms with E-state index in [1.54, 1.807) is 19.3 Å². The summed E-state index contributed by atoms with van der Waals surface area (Å²) in [5.41, 5.74) is -0.504. The molecule has 0 aromatic carbocycles. The molecule has 2 unspecified atom stereocenters. The molecule has 1 rings (SSSR count). The van der Waals surface area contributed by atoms with Crippen LogP contribution < -0.4 is 4.74 Å². The van der Waals surface area contributed by atoms with E-state index in [2.05, 4.69) is 9.97 Å². The third kappa shape index (κ3) is 2.26. The fourth-order valence-corrected chi connectivity index (χ4v) is 1.45. The smallest absolute Gasteiger partial charge is 0.238 e. The molecule has 4 heteroatoms. The quantitative estimate of drug-likeness (QED) is 0.822. The minimum Gasteiger partial charge on any atom is -0.480 e. The van der Waals surface area contributed by atoms with Gasteiger partial charge in [0.1, 0.15) is 11.3 Å². The van der Waals surface area contributed by atoms with Gasteiger partial charge in [0, 0.05) is 12.4 Å². The molecule has 84 valence electrons. The predicted molar refractivity (Wildman–Crippen MR) is 57.6 cm³/mol. The first-order valence-electron chi connectivity index (χ1n) is 5.11. The maximum atomic E-state index is 10.4. The number of ether oxygens (including phenoxy) is 1. The summed E-state index contributed by atoms with van der Waals surface area (Å²) in [6.07, 6.45) is 3.98. The number of methoxy groups -OCH3 is 1. The number of aromatic nitrogens is 2. The highest BCUT2D eigenvalue weighted by molar-refractivity contribution is 5.24. The monoisotopic (exact) mass is 210 g/mol. The molecular weight excluding hydrogens is 192 g/mol. The lowest BCUT2D eigenvalue weighted by Crippen LogP contribution is -2.31. The molecule has 15 heavy (non-hydrogen) atoms. The molecule has 1 aromatic rings. The third-order valence-electron chi connectivity index (χ3n) is 2.91. The van der Waals surface area contributed by atoms with Crippen LogP contribution in [0.1, 0.15) is 32.9 Å². The van der Waals surface area contributed by atoms with Crippen LogP contribution >= 0.6 is 0 Å². The lowest BCUT2D eigenvalue weighted by molar-refractivity contribution is -0.00673. The van der Waals surface area contributed by atoms with Gasteiger partial charge in [-0.2, -0.15) is 0 Å². The number of nitrogens with zero attached hydrogens (tertiary/aromatic N) is 2. The molecular formula is C11H18N2O2. The molecule has 2 atom stereocenters. The summed E-state index contributed by atoms with van der Waals surface area (Å²) in [6, 6.07) is 0. The second kappa shape index (κ2) is 4.57. The van der Waals surface area contributed by atoms with E-state index in [1.165, 1.54) is 7.11 Å². The molecule has 0 aliphatic carbocycles. The summed E-state index contributed by atoms with van der Waals surface area (Å²) < 4.78 is 5.09. The Morgan fingerprint density at radius 1 is 1.47 bits per heavy atom. The van der Waals surface area contributed by atoms with Crippen molar-refractivity contribution in [1.29, 1.82) is 0 Å². The fraction of sp³-hybridized carbons (Fsp3) is 0.636. The van der Waals surface area contributed by atoms with Gasteiger partial charge < -0.3 is 9.84 Å². The van der Waals surface area contributed by atoms with Gasteiger partial charge in [-0.15, -0.1) is 0 Å². The Bertz CT molecular complexity index is 326. The van der Waals surface area contributed by atoms with Crippen molar-refractivity contribution >= 4 is 0 Å². The lowest BCUT2D eigenvalue weighted by atomic mass is 9.86. The van der Waals surface area contributed by atoms with Crippen molar-refractivity contribution in [2.24, 2.45) is 5.92 Å². The zero-order valence-electron chi connectivity index (χ0n) is 9.69. The first-order chi connectivity index (χ1) is 7.04. The van der Waals surface area contributed by atoms with Crippen LogP contribution in [0.25, 0.3) is 0 Å². The Hall–Kier alpha value is -1.16. The Morgan fingerprint density at radius 3 is 2.60 bits per heavy atom. The van der Waals surface area contributed by atoms with Crippen molar-refractivity contribution in [2.75, 3.05) is 7.11 Å². The summed E-state index contributed by atoms with van der Waals surface area (Å²) in [6.45, 7) is 5.75. The van der Waals surface area contributed by atoms with Crippen LogP contribution in [-0.2, 0) is 5.60 Å². The molecule has 0 saturated heterocycles. The minimum absolute atomic E-state index is 0.100. The summed E-state index contributed by atoms with van der Waals surface area (Å²) in [5.74, 6) is 0.492. The molecule has 0 fully saturated rings. The molecule has 0 spiro atoms. The highest BCUT2D eigenvalue weighted by Crippen LogP contribution is 2.33. The van der Waals surface area contributed by atoms with Crippen LogP contribution in [0.2, 0.25) is 0 Å². The van der Waals surface area contributed by atoms with E-state index in [0.29, 0.717) is 11.6 Å². The summed E-state index contributed by atoms with van der Waals surface area (Å²) in [5, 5.41) is 10.4. The molecule has 0 aliphatic heterocycles. The van der Waals surface area contributed by atoms with E-state index in [-0.39, 0.29) is 5.92 Å². The van der Waals surface area contributed by atoms with E-state index in [9.17, 15) is 5.11 Å². The molecule has 1 N–H and O–H groups in total. The second-order valence-corrected chi connectivity index (χ2v) is 3.87. The van der Waals surface area contributed by atoms with Crippen molar-refractivity contribution in [3.8, 4) is 5.88 Å². The summed E-state index contributed by atoms with van der Waals surface area (Å²) in [7, 11) is 1.53. The number of hydrogen-bond donors (Lipinski definition) is 1. The number of aliphatic hydroxyl groups is 1. The van der Waals surface area contributed by atoms with Gasteiger partial charge in [0.2, 0.25) is 5.88 Å². The maximum Gasteiger partial charge on any atom is 0.238 e. The highest BCUT2D eigenvalue weighted by atomic mass is 16.5. The van der Waals surface area contributed by atoms with Gasteiger partial charge in [0.25, 0.3) is 0 Å². The van der Waals surface area contributed by atoms with Crippen LogP contribution in [0, 0.1) is 5.92 Å². The molecule has 0 aliphatic rings. The van der Waals surface area contributed by atoms with Gasteiger partial charge in [-0.25, -0.2) is 4.98 Å². The molecule has 1 aromatic heterocycles. The standard InChI is InChI=1S/C11H18N2O2/c1-5-8(2)11(3,14)9-10(15-4)13-7-6-12-9/h6-8,14H,5H2,1-4H3. The molecule has 0 saturated carbocycles. The zero-order chi connectivity index (χ0) is 11.5. The van der Waals surface area contributed by atoms with Gasteiger partial charge in [0.15, 0.2) is 0 Å². The largest absolute Gasteiger partial charge is 0.480 e. The second-order valence-electron chi connectivity index (χ2n) is 3.87. The average Bonchev–Trinajstić information content (AvgIpc) is 2.27. The van der Waals surface area contributed by atoms with Crippen LogP contribution in [0.15, 0.2) is 12.4 Å². The van der Waals surface area contributed by atoms with Crippen molar-refractivity contribution in [3.05, 3.63) is 18.1 Å². The molecule has 4 nitrogen and oxygen atoms in total. The van der Waals surface area contributed by atoms with Crippen LogP contribution in [-0.4, -0.2) is 22.2 Å². The van der Waals surface area contributed by atoms with E-state index < -0.39 is 5.60 Å². The average molecular weight is 210 g/mol. The summed E-state index contributed by atoms with van der Waals surface area (Å²) in [4.78, 5) is 8.19. The van der Waals surface area contributed by atoms with Crippen LogP contribution in [0.4, 0.5) is 0 Å². The van der Waals surface area contributed by atoms with Crippen molar-refractivity contribution < 1.29 is 9.84 Å². The van der Waals surface area contributed by atoms with Crippen LogP contribution in [0.5, 0.6) is 5.88 Å². The van der Waals surface area contributed by atoms with E-state index in [0.717, 1.165) is 6.42 Å². The van der Waals surface area contributed by atoms with Crippen molar-refractivity contribution in [1.82, 2.24) is 9.97 Å². The SMILES string of the molecule is CCC(C)C(C)(O)c1nccnc1OC. The van der Waals surface area contributed by atoms with E-state index >= 15 is 0 Å². The summed E-state index contributed by atoms with van der Waals surface area (Å²) >= 11 is 0. The van der Waals surface area contributed by atoms with Crippen molar-refractivity contribution in [3.63, 3.8) is 0 Å². The number of hydrogen-bond acceptors (Lipinski definition) is 4. The zero-order valence-corrected chi connectivity index (χ0v) is 9.69. The van der Waals surface area contributed by atoms with E-state index in [4.69, 9.17) is 4.74 Å². The van der Waals surface area contributed by atoms with Gasteiger partial charge in [-0.05, 0) is 12.8 Å². The van der Waals surface area contributed by atoms with Gasteiger partial charge in [-0.3, -0.25) is 4.98 Å². The fourth-order valence-electron chi connectivity index (χ4n) is 1.45. The Morgan fingerprint density at radius 2 is 2.07 bits per heavy atom. The Balaban J connectivity index is 3.13. The molecule has 1 heterocycles. The topological polar surface area (TPSA) is 55.2 Å². The first-order valence-corrected chi connectivity index (χ1v) is 5.11. The normalized spacial score (nSPS) is 16.9. The van der Waals surface area contributed by atoms with Gasteiger partial charge in [0.05, 0.1) is 7.11 Å². The Labute approximate surface area is 90.3 Å². The van der Waals surface area contributed by atoms with Crippen molar-refractivity contribution in [2.45, 2.75) is 32.8 Å². The maximum absolute atomic E-state index is 10.4. The first kappa shape index (κ1) is 11.9. The van der Waals surface area contributed by atoms with Gasteiger partial charge in [-0.1, -0.05) is 20.3 Å². The van der Waals surface area contributed by atoms with Gasteiger partial charge >= 0.3 is 0 Å². The predicted octanol–water partition coefficient (Wildman–Crippen LogP) is 1.74. The van der Waals surface area contributed by atoms with E-state index in [1.807, 2.05) is 13.8 Å². The highest BCUT2D eigenvalue weighted by Gasteiger charge is 2.34. The van der Waals surface area contributed by atoms with Crippen LogP contribution in [0.3, 0.4) is 0 Å². The third-order valence-corrected chi connectivity index (χ3v) is 2.91. The Kier molecular flexibility index (Phi) is 3.63.